The van der Waals surface area contributed by atoms with Crippen LogP contribution in [0.1, 0.15) is 31.2 Å². The summed E-state index contributed by atoms with van der Waals surface area (Å²) >= 11 is 0. The van der Waals surface area contributed by atoms with Crippen molar-refractivity contribution in [2.24, 2.45) is 11.5 Å². The zero-order chi connectivity index (χ0) is 28.2. The van der Waals surface area contributed by atoms with Gasteiger partial charge in [0.15, 0.2) is 0 Å². The van der Waals surface area contributed by atoms with Crippen LogP contribution in [0.4, 0.5) is 0 Å². The summed E-state index contributed by atoms with van der Waals surface area (Å²) in [5.74, 6) is -5.59. The highest BCUT2D eigenvalue weighted by molar-refractivity contribution is 5.95. The van der Waals surface area contributed by atoms with Crippen molar-refractivity contribution >= 4 is 40.6 Å². The highest BCUT2D eigenvalue weighted by Crippen LogP contribution is 2.19. The quantitative estimate of drug-likeness (QED) is 0.109. The summed E-state index contributed by atoms with van der Waals surface area (Å²) < 4.78 is 0. The summed E-state index contributed by atoms with van der Waals surface area (Å²) in [5, 5.41) is 35.0. The van der Waals surface area contributed by atoms with Crippen molar-refractivity contribution in [2.75, 3.05) is 13.2 Å². The number of para-hydroxylation sites is 1. The first-order valence-electron chi connectivity index (χ1n) is 12.0. The van der Waals surface area contributed by atoms with Crippen molar-refractivity contribution in [3.8, 4) is 0 Å². The molecular weight excluding hydrogens is 500 g/mol. The molecule has 0 bridgehead atoms. The third kappa shape index (κ3) is 8.83. The number of carboxylic acid groups (broad SMARTS) is 2. The van der Waals surface area contributed by atoms with Crippen LogP contribution < -0.4 is 27.4 Å². The minimum atomic E-state index is -1.70. The fourth-order valence-electron chi connectivity index (χ4n) is 3.78. The molecule has 3 amide bonds. The smallest absolute Gasteiger partial charge is 0.328 e. The number of aromatic nitrogens is 1. The number of carbonyl (C=O) groups is 5. The Labute approximate surface area is 218 Å². The van der Waals surface area contributed by atoms with E-state index in [-0.39, 0.29) is 12.8 Å². The summed E-state index contributed by atoms with van der Waals surface area (Å²) in [7, 11) is 0. The van der Waals surface area contributed by atoms with E-state index in [0.29, 0.717) is 19.4 Å². The summed E-state index contributed by atoms with van der Waals surface area (Å²) in [6, 6.07) is 1.94. The number of aromatic amines is 1. The van der Waals surface area contributed by atoms with Crippen LogP contribution in [0.25, 0.3) is 10.9 Å². The Bertz CT molecular complexity index is 1140. The Morgan fingerprint density at radius 2 is 1.53 bits per heavy atom. The first kappa shape index (κ1) is 30.2. The Morgan fingerprint density at radius 1 is 0.895 bits per heavy atom. The number of hydrogen-bond donors (Lipinski definition) is 9. The second-order valence-electron chi connectivity index (χ2n) is 8.76. The van der Waals surface area contributed by atoms with Gasteiger partial charge in [-0.2, -0.15) is 0 Å². The number of hydrogen-bond acceptors (Lipinski definition) is 8. The third-order valence-corrected chi connectivity index (χ3v) is 5.84. The maximum atomic E-state index is 13.0. The minimum Gasteiger partial charge on any atom is -0.481 e. The van der Waals surface area contributed by atoms with Gasteiger partial charge in [0.25, 0.3) is 0 Å². The fourth-order valence-corrected chi connectivity index (χ4v) is 3.78. The van der Waals surface area contributed by atoms with Crippen molar-refractivity contribution < 1.29 is 39.3 Å². The van der Waals surface area contributed by atoms with Gasteiger partial charge in [-0.05, 0) is 43.9 Å². The highest BCUT2D eigenvalue weighted by atomic mass is 16.4. The van der Waals surface area contributed by atoms with Gasteiger partial charge < -0.3 is 47.7 Å². The van der Waals surface area contributed by atoms with Crippen LogP contribution in [0.3, 0.4) is 0 Å². The number of carboxylic acids is 2. The number of H-pyrrole nitrogens is 1. The van der Waals surface area contributed by atoms with Crippen LogP contribution in [0, 0.1) is 0 Å². The number of rotatable bonds is 16. The van der Waals surface area contributed by atoms with E-state index in [1.54, 1.807) is 6.20 Å². The van der Waals surface area contributed by atoms with Crippen LogP contribution in [0.15, 0.2) is 30.5 Å². The number of unbranched alkanes of at least 4 members (excludes halogenated alkanes) is 1. The van der Waals surface area contributed by atoms with Crippen LogP contribution in [0.2, 0.25) is 0 Å². The number of nitrogens with two attached hydrogens (primary N) is 2. The normalized spacial score (nSPS) is 14.2. The summed E-state index contributed by atoms with van der Waals surface area (Å²) in [6.07, 6.45) is 2.16. The van der Waals surface area contributed by atoms with E-state index < -0.39 is 66.9 Å². The van der Waals surface area contributed by atoms with E-state index in [1.165, 1.54) is 0 Å². The van der Waals surface area contributed by atoms with Crippen molar-refractivity contribution in [1.29, 1.82) is 0 Å². The van der Waals surface area contributed by atoms with Gasteiger partial charge in [0.05, 0.1) is 19.1 Å². The molecule has 11 N–H and O–H groups in total. The van der Waals surface area contributed by atoms with Crippen LogP contribution >= 0.6 is 0 Å². The number of aliphatic carboxylic acids is 2. The Kier molecular flexibility index (Phi) is 11.7. The monoisotopic (exact) mass is 534 g/mol. The molecule has 0 radical (unpaired) electrons. The molecule has 0 fully saturated rings. The Balaban J connectivity index is 2.13. The summed E-state index contributed by atoms with van der Waals surface area (Å²) in [6.45, 7) is -0.606. The molecule has 4 unspecified atom stereocenters. The van der Waals surface area contributed by atoms with E-state index in [2.05, 4.69) is 15.6 Å². The Morgan fingerprint density at radius 3 is 2.16 bits per heavy atom. The molecule has 1 aromatic carbocycles. The summed E-state index contributed by atoms with van der Waals surface area (Å²) in [5.41, 5.74) is 13.3. The largest absolute Gasteiger partial charge is 0.481 e. The van der Waals surface area contributed by atoms with E-state index in [9.17, 15) is 29.1 Å². The molecule has 208 valence electrons. The van der Waals surface area contributed by atoms with Gasteiger partial charge in [0.2, 0.25) is 17.7 Å². The highest BCUT2D eigenvalue weighted by Gasteiger charge is 2.31. The number of amides is 3. The maximum absolute atomic E-state index is 13.0. The average molecular weight is 535 g/mol. The fraction of sp³-hybridized carbons (Fsp3) is 0.458. The van der Waals surface area contributed by atoms with Gasteiger partial charge in [-0.15, -0.1) is 0 Å². The van der Waals surface area contributed by atoms with Gasteiger partial charge in [0.1, 0.15) is 18.1 Å². The predicted molar refractivity (Wildman–Crippen MR) is 136 cm³/mol. The third-order valence-electron chi connectivity index (χ3n) is 5.84. The van der Waals surface area contributed by atoms with Gasteiger partial charge in [-0.25, -0.2) is 4.79 Å². The number of aliphatic hydroxyl groups is 1. The number of benzene rings is 1. The van der Waals surface area contributed by atoms with Crippen molar-refractivity contribution in [3.63, 3.8) is 0 Å². The topological polar surface area (TPSA) is 250 Å². The van der Waals surface area contributed by atoms with Crippen molar-refractivity contribution in [1.82, 2.24) is 20.9 Å². The molecule has 0 spiro atoms. The van der Waals surface area contributed by atoms with Gasteiger partial charge in [0, 0.05) is 17.1 Å². The van der Waals surface area contributed by atoms with Gasteiger partial charge in [-0.1, -0.05) is 18.2 Å². The van der Waals surface area contributed by atoms with Crippen LogP contribution in [-0.4, -0.2) is 87.3 Å². The van der Waals surface area contributed by atoms with Crippen molar-refractivity contribution in [2.45, 2.75) is 56.3 Å². The first-order chi connectivity index (χ1) is 18.1. The summed E-state index contributed by atoms with van der Waals surface area (Å²) in [4.78, 5) is 63.9. The number of aliphatic hydroxyl groups excluding tert-OH is 1. The van der Waals surface area contributed by atoms with E-state index in [1.807, 2.05) is 29.6 Å². The van der Waals surface area contributed by atoms with Crippen LogP contribution in [0.5, 0.6) is 0 Å². The second-order valence-corrected chi connectivity index (χ2v) is 8.76. The molecule has 2 aromatic rings. The van der Waals surface area contributed by atoms with Crippen molar-refractivity contribution in [3.05, 3.63) is 36.0 Å². The van der Waals surface area contributed by atoms with E-state index in [0.717, 1.165) is 16.5 Å². The molecule has 0 saturated carbocycles. The molecule has 0 aliphatic rings. The second kappa shape index (κ2) is 14.7. The molecular formula is C24H34N6O8. The lowest BCUT2D eigenvalue weighted by molar-refractivity contribution is -0.144. The first-order valence-corrected chi connectivity index (χ1v) is 12.0. The molecule has 4 atom stereocenters. The maximum Gasteiger partial charge on any atom is 0.328 e. The lowest BCUT2D eigenvalue weighted by Crippen LogP contribution is -2.58. The molecule has 14 heteroatoms. The number of carbonyl (C=O) groups excluding carboxylic acids is 3. The van der Waals surface area contributed by atoms with Crippen LogP contribution in [-0.2, 0) is 30.4 Å². The standard InChI is InChI=1S/C24H34N6O8/c25-8-4-3-7-17(22(35)29-18(10-20(32)33)23(36)30-19(12-31)24(37)38)28-21(34)15(26)9-13-11-27-16-6-2-1-5-14(13)16/h1-2,5-6,11,15,17-19,27,31H,3-4,7-10,12,25-26H2,(H,28,34)(H,29,35)(H,30,36)(H,32,33)(H,37,38). The molecule has 2 rings (SSSR count). The van der Waals surface area contributed by atoms with E-state index in [4.69, 9.17) is 21.7 Å². The number of nitrogens with one attached hydrogen (secondary N) is 4. The molecule has 1 aromatic heterocycles. The van der Waals surface area contributed by atoms with E-state index >= 15 is 0 Å². The molecule has 0 aliphatic heterocycles. The molecule has 38 heavy (non-hydrogen) atoms. The molecule has 1 heterocycles. The lowest BCUT2D eigenvalue weighted by Gasteiger charge is -2.24. The average Bonchev–Trinajstić information content (AvgIpc) is 3.28. The van der Waals surface area contributed by atoms with Gasteiger partial charge >= 0.3 is 11.9 Å². The molecule has 14 nitrogen and oxygen atoms in total. The zero-order valence-electron chi connectivity index (χ0n) is 20.7. The lowest BCUT2D eigenvalue weighted by atomic mass is 10.0. The predicted octanol–water partition coefficient (Wildman–Crippen LogP) is -1.83. The SMILES string of the molecule is NCCCCC(NC(=O)C(N)Cc1c[nH]c2ccccc12)C(=O)NC(CC(=O)O)C(=O)NC(CO)C(=O)O. The minimum absolute atomic E-state index is 0.129. The molecule has 0 saturated heterocycles. The number of fused-ring (bicyclic) bond motifs is 1. The Hall–Kier alpha value is -4.01. The molecule has 0 aliphatic carbocycles. The van der Waals surface area contributed by atoms with Gasteiger partial charge in [-0.3, -0.25) is 19.2 Å². The zero-order valence-corrected chi connectivity index (χ0v) is 20.7.